The van der Waals surface area contributed by atoms with E-state index in [1.54, 1.807) is 12.1 Å². The first kappa shape index (κ1) is 16.5. The summed E-state index contributed by atoms with van der Waals surface area (Å²) in [4.78, 5) is 0. The van der Waals surface area contributed by atoms with Crippen LogP contribution in [0, 0.1) is 5.82 Å². The molecule has 0 radical (unpaired) electrons. The molecule has 1 rings (SSSR count). The second-order valence-corrected chi connectivity index (χ2v) is 11.4. The molecular formula is C14H23ClFNOSi. The highest BCUT2D eigenvalue weighted by Gasteiger charge is 2.36. The lowest BCUT2D eigenvalue weighted by atomic mass is 10.2. The van der Waals surface area contributed by atoms with Gasteiger partial charge in [0.1, 0.15) is 5.82 Å². The quantitative estimate of drug-likeness (QED) is 0.616. The van der Waals surface area contributed by atoms with Gasteiger partial charge in [0.25, 0.3) is 0 Å². The van der Waals surface area contributed by atoms with Crippen LogP contribution in [0.3, 0.4) is 0 Å². The molecule has 0 heterocycles. The third-order valence-electron chi connectivity index (χ3n) is 3.62. The van der Waals surface area contributed by atoms with Gasteiger partial charge in [0.05, 0.1) is 11.6 Å². The summed E-state index contributed by atoms with van der Waals surface area (Å²) in [7, 11) is -1.69. The number of benzene rings is 1. The van der Waals surface area contributed by atoms with Gasteiger partial charge < -0.3 is 9.74 Å². The van der Waals surface area contributed by atoms with Crippen molar-refractivity contribution in [2.75, 3.05) is 18.5 Å². The van der Waals surface area contributed by atoms with E-state index in [1.807, 2.05) is 0 Å². The topological polar surface area (TPSA) is 21.3 Å². The van der Waals surface area contributed by atoms with Crippen LogP contribution in [-0.4, -0.2) is 21.5 Å². The molecule has 19 heavy (non-hydrogen) atoms. The molecule has 0 unspecified atom stereocenters. The normalized spacial score (nSPS) is 12.6. The summed E-state index contributed by atoms with van der Waals surface area (Å²) in [6, 6.07) is 4.62. The van der Waals surface area contributed by atoms with E-state index >= 15 is 0 Å². The fourth-order valence-electron chi connectivity index (χ4n) is 1.32. The first-order chi connectivity index (χ1) is 8.63. The van der Waals surface area contributed by atoms with Gasteiger partial charge in [0.15, 0.2) is 8.32 Å². The Hall–Kier alpha value is -0.583. The molecular weight excluding hydrogens is 281 g/mol. The third kappa shape index (κ3) is 4.78. The van der Waals surface area contributed by atoms with Crippen LogP contribution in [0.4, 0.5) is 10.1 Å². The zero-order valence-electron chi connectivity index (χ0n) is 12.3. The fourth-order valence-corrected chi connectivity index (χ4v) is 2.55. The van der Waals surface area contributed by atoms with E-state index in [0.717, 1.165) is 5.69 Å². The molecule has 0 aromatic heterocycles. The minimum absolute atomic E-state index is 0.135. The third-order valence-corrected chi connectivity index (χ3v) is 8.45. The Bertz CT molecular complexity index is 432. The summed E-state index contributed by atoms with van der Waals surface area (Å²) in [5.74, 6) is -0.398. The summed E-state index contributed by atoms with van der Waals surface area (Å²) in [5.41, 5.74) is 0.810. The van der Waals surface area contributed by atoms with E-state index < -0.39 is 14.1 Å². The van der Waals surface area contributed by atoms with Crippen molar-refractivity contribution in [1.29, 1.82) is 0 Å². The Morgan fingerprint density at radius 1 is 1.32 bits per heavy atom. The van der Waals surface area contributed by atoms with Gasteiger partial charge in [-0.05, 0) is 36.3 Å². The SMILES string of the molecule is CC(C)(C)[Si](C)(C)OCCNc1ccc(F)c(Cl)c1. The van der Waals surface area contributed by atoms with E-state index in [2.05, 4.69) is 39.2 Å². The fraction of sp³-hybridized carbons (Fsp3) is 0.571. The Labute approximate surface area is 121 Å². The van der Waals surface area contributed by atoms with E-state index in [9.17, 15) is 4.39 Å². The number of anilines is 1. The minimum atomic E-state index is -1.69. The van der Waals surface area contributed by atoms with Crippen molar-refractivity contribution in [3.63, 3.8) is 0 Å². The number of rotatable bonds is 5. The molecule has 0 saturated carbocycles. The predicted molar refractivity (Wildman–Crippen MR) is 83.0 cm³/mol. The van der Waals surface area contributed by atoms with Crippen LogP contribution in [0.1, 0.15) is 20.8 Å². The van der Waals surface area contributed by atoms with E-state index in [4.69, 9.17) is 16.0 Å². The highest BCUT2D eigenvalue weighted by Crippen LogP contribution is 2.36. The molecule has 0 spiro atoms. The molecule has 0 aliphatic rings. The zero-order chi connectivity index (χ0) is 14.7. The molecule has 0 saturated heterocycles. The van der Waals surface area contributed by atoms with Crippen molar-refractivity contribution >= 4 is 25.6 Å². The second-order valence-electron chi connectivity index (χ2n) is 6.16. The van der Waals surface area contributed by atoms with Gasteiger partial charge in [-0.2, -0.15) is 0 Å². The smallest absolute Gasteiger partial charge is 0.192 e. The van der Waals surface area contributed by atoms with Crippen molar-refractivity contribution in [2.24, 2.45) is 0 Å². The Kier molecular flexibility index (Phi) is 5.41. The lowest BCUT2D eigenvalue weighted by Gasteiger charge is -2.36. The lowest BCUT2D eigenvalue weighted by Crippen LogP contribution is -2.41. The molecule has 0 aliphatic carbocycles. The predicted octanol–water partition coefficient (Wildman–Crippen LogP) is 4.91. The monoisotopic (exact) mass is 303 g/mol. The van der Waals surface area contributed by atoms with Crippen LogP contribution in [0.25, 0.3) is 0 Å². The maximum atomic E-state index is 13.0. The van der Waals surface area contributed by atoms with Gasteiger partial charge >= 0.3 is 0 Å². The first-order valence-corrected chi connectivity index (χ1v) is 9.75. The average molecular weight is 304 g/mol. The van der Waals surface area contributed by atoms with Crippen molar-refractivity contribution in [2.45, 2.75) is 38.9 Å². The van der Waals surface area contributed by atoms with Crippen LogP contribution < -0.4 is 5.32 Å². The highest BCUT2D eigenvalue weighted by atomic mass is 35.5. The maximum absolute atomic E-state index is 13.0. The van der Waals surface area contributed by atoms with Gasteiger partial charge in [-0.25, -0.2) is 4.39 Å². The summed E-state index contributed by atoms with van der Waals surface area (Å²) in [5, 5.41) is 3.53. The molecule has 2 nitrogen and oxygen atoms in total. The molecule has 1 N–H and O–H groups in total. The number of hydrogen-bond donors (Lipinski definition) is 1. The molecule has 0 atom stereocenters. The molecule has 1 aromatic carbocycles. The molecule has 0 aliphatic heterocycles. The molecule has 0 amide bonds. The van der Waals surface area contributed by atoms with E-state index in [1.165, 1.54) is 6.07 Å². The first-order valence-electron chi connectivity index (χ1n) is 6.46. The van der Waals surface area contributed by atoms with Crippen molar-refractivity contribution in [3.05, 3.63) is 29.0 Å². The van der Waals surface area contributed by atoms with Gasteiger partial charge in [-0.1, -0.05) is 32.4 Å². The van der Waals surface area contributed by atoms with Gasteiger partial charge in [-0.15, -0.1) is 0 Å². The van der Waals surface area contributed by atoms with Crippen molar-refractivity contribution in [3.8, 4) is 0 Å². The summed E-state index contributed by atoms with van der Waals surface area (Å²) >= 11 is 5.72. The largest absolute Gasteiger partial charge is 0.415 e. The van der Waals surface area contributed by atoms with Gasteiger partial charge in [0, 0.05) is 12.2 Å². The van der Waals surface area contributed by atoms with E-state index in [0.29, 0.717) is 13.2 Å². The summed E-state index contributed by atoms with van der Waals surface area (Å²) in [6.45, 7) is 12.4. The number of hydrogen-bond acceptors (Lipinski definition) is 2. The van der Waals surface area contributed by atoms with Crippen molar-refractivity contribution in [1.82, 2.24) is 0 Å². The Balaban J connectivity index is 2.41. The van der Waals surface area contributed by atoms with Crippen LogP contribution >= 0.6 is 11.6 Å². The average Bonchev–Trinajstić information content (AvgIpc) is 2.27. The van der Waals surface area contributed by atoms with Gasteiger partial charge in [-0.3, -0.25) is 0 Å². The van der Waals surface area contributed by atoms with Crippen LogP contribution in [0.2, 0.25) is 23.2 Å². The molecule has 0 bridgehead atoms. The van der Waals surface area contributed by atoms with Crippen LogP contribution in [0.15, 0.2) is 18.2 Å². The minimum Gasteiger partial charge on any atom is -0.415 e. The van der Waals surface area contributed by atoms with Crippen LogP contribution in [0.5, 0.6) is 0 Å². The standard InChI is InChI=1S/C14H23ClFNOSi/c1-14(2,3)19(4,5)18-9-8-17-11-6-7-13(16)12(15)10-11/h6-7,10,17H,8-9H2,1-5H3. The Morgan fingerprint density at radius 3 is 2.47 bits per heavy atom. The van der Waals surface area contributed by atoms with Crippen LogP contribution in [-0.2, 0) is 4.43 Å². The second kappa shape index (κ2) is 6.24. The number of nitrogens with one attached hydrogen (secondary N) is 1. The molecule has 108 valence electrons. The molecule has 1 aromatic rings. The molecule has 5 heteroatoms. The zero-order valence-corrected chi connectivity index (χ0v) is 14.1. The number of halogens is 2. The van der Waals surface area contributed by atoms with Gasteiger partial charge in [0.2, 0.25) is 0 Å². The highest BCUT2D eigenvalue weighted by molar-refractivity contribution is 6.74. The molecule has 0 fully saturated rings. The Morgan fingerprint density at radius 2 is 1.95 bits per heavy atom. The van der Waals surface area contributed by atoms with Crippen molar-refractivity contribution < 1.29 is 8.82 Å². The summed E-state index contributed by atoms with van der Waals surface area (Å²) < 4.78 is 19.0. The maximum Gasteiger partial charge on any atom is 0.192 e. The summed E-state index contributed by atoms with van der Waals surface area (Å²) in [6.07, 6.45) is 0. The lowest BCUT2D eigenvalue weighted by molar-refractivity contribution is 0.301. The van der Waals surface area contributed by atoms with E-state index in [-0.39, 0.29) is 10.1 Å².